The predicted octanol–water partition coefficient (Wildman–Crippen LogP) is 1.78. The first-order valence-electron chi connectivity index (χ1n) is 6.88. The topological polar surface area (TPSA) is 58.6 Å². The van der Waals surface area contributed by atoms with E-state index >= 15 is 0 Å². The van der Waals surface area contributed by atoms with E-state index in [1.54, 1.807) is 11.9 Å². The highest BCUT2D eigenvalue weighted by Crippen LogP contribution is 2.17. The van der Waals surface area contributed by atoms with Gasteiger partial charge in [-0.15, -0.1) is 0 Å². The van der Waals surface area contributed by atoms with Gasteiger partial charge in [0, 0.05) is 20.1 Å². The van der Waals surface area contributed by atoms with Crippen molar-refractivity contribution in [1.82, 2.24) is 10.2 Å². The molecule has 0 aromatic heterocycles. The molecule has 1 fully saturated rings. The summed E-state index contributed by atoms with van der Waals surface area (Å²) in [6.07, 6.45) is 1.31. The molecule has 1 unspecified atom stereocenters. The van der Waals surface area contributed by atoms with Gasteiger partial charge in [-0.05, 0) is 18.4 Å². The summed E-state index contributed by atoms with van der Waals surface area (Å²) in [6.45, 7) is 1.36. The first-order chi connectivity index (χ1) is 9.70. The fraction of sp³-hybridized carbons (Fsp3) is 0.467. The van der Waals surface area contributed by atoms with Gasteiger partial charge in [0.1, 0.15) is 6.61 Å². The van der Waals surface area contributed by atoms with Crippen LogP contribution in [-0.2, 0) is 16.1 Å². The number of piperidine rings is 1. The minimum Gasteiger partial charge on any atom is -0.445 e. The molecule has 0 aliphatic carbocycles. The Balaban J connectivity index is 1.84. The molecule has 0 radical (unpaired) electrons. The summed E-state index contributed by atoms with van der Waals surface area (Å²) in [4.78, 5) is 25.2. The Kier molecular flexibility index (Phi) is 4.98. The van der Waals surface area contributed by atoms with Crippen LogP contribution in [-0.4, -0.2) is 37.0 Å². The number of rotatable bonds is 3. The van der Waals surface area contributed by atoms with Crippen LogP contribution in [0.1, 0.15) is 18.4 Å². The largest absolute Gasteiger partial charge is 0.445 e. The van der Waals surface area contributed by atoms with Crippen LogP contribution in [0, 0.1) is 5.92 Å². The molecule has 2 rings (SSSR count). The molecule has 1 aliphatic rings. The van der Waals surface area contributed by atoms with Gasteiger partial charge in [-0.2, -0.15) is 0 Å². The molecular formula is C15H20N2O3. The lowest BCUT2D eigenvalue weighted by molar-refractivity contribution is -0.125. The third-order valence-electron chi connectivity index (χ3n) is 3.50. The van der Waals surface area contributed by atoms with Gasteiger partial charge < -0.3 is 15.0 Å². The molecule has 2 amide bonds. The smallest absolute Gasteiger partial charge is 0.410 e. The van der Waals surface area contributed by atoms with Crippen LogP contribution >= 0.6 is 0 Å². The highest BCUT2D eigenvalue weighted by Gasteiger charge is 2.28. The van der Waals surface area contributed by atoms with Crippen molar-refractivity contribution >= 4 is 12.0 Å². The van der Waals surface area contributed by atoms with Crippen molar-refractivity contribution in [2.75, 3.05) is 20.1 Å². The zero-order chi connectivity index (χ0) is 14.4. The summed E-state index contributed by atoms with van der Waals surface area (Å²) in [7, 11) is 1.62. The maximum absolute atomic E-state index is 12.0. The number of carbonyl (C=O) groups is 2. The molecule has 108 valence electrons. The number of nitrogens with one attached hydrogen (secondary N) is 1. The summed E-state index contributed by atoms with van der Waals surface area (Å²) >= 11 is 0. The van der Waals surface area contributed by atoms with Crippen molar-refractivity contribution in [2.45, 2.75) is 19.4 Å². The van der Waals surface area contributed by atoms with Crippen LogP contribution in [0.5, 0.6) is 0 Å². The van der Waals surface area contributed by atoms with Crippen molar-refractivity contribution in [1.29, 1.82) is 0 Å². The highest BCUT2D eigenvalue weighted by atomic mass is 16.6. The van der Waals surface area contributed by atoms with E-state index in [9.17, 15) is 9.59 Å². The molecule has 1 aromatic rings. The first kappa shape index (κ1) is 14.4. The maximum atomic E-state index is 12.0. The monoisotopic (exact) mass is 276 g/mol. The molecule has 1 aliphatic heterocycles. The summed E-state index contributed by atoms with van der Waals surface area (Å²) < 4.78 is 5.28. The van der Waals surface area contributed by atoms with Gasteiger partial charge in [-0.3, -0.25) is 4.79 Å². The van der Waals surface area contributed by atoms with Crippen molar-refractivity contribution in [2.24, 2.45) is 5.92 Å². The minimum atomic E-state index is -0.345. The molecule has 5 heteroatoms. The van der Waals surface area contributed by atoms with Crippen LogP contribution in [0.15, 0.2) is 30.3 Å². The SMILES string of the molecule is CNC(=O)C1CCCN(C(=O)OCc2ccccc2)C1. The Bertz CT molecular complexity index is 461. The zero-order valence-electron chi connectivity index (χ0n) is 11.7. The van der Waals surface area contributed by atoms with Gasteiger partial charge in [0.2, 0.25) is 5.91 Å². The number of benzene rings is 1. The van der Waals surface area contributed by atoms with Crippen LogP contribution < -0.4 is 5.32 Å². The number of amides is 2. The Morgan fingerprint density at radius 2 is 2.10 bits per heavy atom. The van der Waals surface area contributed by atoms with Gasteiger partial charge in [0.05, 0.1) is 5.92 Å². The fourth-order valence-electron chi connectivity index (χ4n) is 2.37. The third kappa shape index (κ3) is 3.73. The van der Waals surface area contributed by atoms with E-state index in [-0.39, 0.29) is 24.5 Å². The Hall–Kier alpha value is -2.04. The van der Waals surface area contributed by atoms with Crippen LogP contribution in [0.3, 0.4) is 0 Å². The van der Waals surface area contributed by atoms with Crippen LogP contribution in [0.4, 0.5) is 4.79 Å². The van der Waals surface area contributed by atoms with Crippen molar-refractivity contribution in [3.63, 3.8) is 0 Å². The molecule has 0 bridgehead atoms. The lowest BCUT2D eigenvalue weighted by Crippen LogP contribution is -2.44. The maximum Gasteiger partial charge on any atom is 0.410 e. The molecular weight excluding hydrogens is 256 g/mol. The molecule has 1 heterocycles. The number of ether oxygens (including phenoxy) is 1. The summed E-state index contributed by atoms with van der Waals surface area (Å²) in [5.41, 5.74) is 0.959. The van der Waals surface area contributed by atoms with Gasteiger partial charge in [-0.25, -0.2) is 4.79 Å². The quantitative estimate of drug-likeness (QED) is 0.915. The molecule has 1 atom stereocenters. The fourth-order valence-corrected chi connectivity index (χ4v) is 2.37. The molecule has 0 saturated carbocycles. The molecule has 0 spiro atoms. The number of hydrogen-bond acceptors (Lipinski definition) is 3. The molecule has 1 N–H and O–H groups in total. The van der Waals surface area contributed by atoms with Gasteiger partial charge in [-0.1, -0.05) is 30.3 Å². The average Bonchev–Trinajstić information content (AvgIpc) is 2.53. The summed E-state index contributed by atoms with van der Waals surface area (Å²) in [5.74, 6) is -0.136. The van der Waals surface area contributed by atoms with E-state index < -0.39 is 0 Å². The second-order valence-electron chi connectivity index (χ2n) is 4.94. The Labute approximate surface area is 118 Å². The second kappa shape index (κ2) is 6.93. The van der Waals surface area contributed by atoms with E-state index in [1.165, 1.54) is 0 Å². The van der Waals surface area contributed by atoms with Crippen LogP contribution in [0.25, 0.3) is 0 Å². The number of likely N-dealkylation sites (tertiary alicyclic amines) is 1. The lowest BCUT2D eigenvalue weighted by Gasteiger charge is -2.31. The summed E-state index contributed by atoms with van der Waals surface area (Å²) in [5, 5.41) is 2.63. The predicted molar refractivity (Wildman–Crippen MR) is 75.0 cm³/mol. The zero-order valence-corrected chi connectivity index (χ0v) is 11.7. The number of hydrogen-bond donors (Lipinski definition) is 1. The van der Waals surface area contributed by atoms with Gasteiger partial charge >= 0.3 is 6.09 Å². The Morgan fingerprint density at radius 3 is 2.80 bits per heavy atom. The van der Waals surface area contributed by atoms with E-state index in [1.807, 2.05) is 30.3 Å². The van der Waals surface area contributed by atoms with Crippen molar-refractivity contribution < 1.29 is 14.3 Å². The molecule has 1 saturated heterocycles. The minimum absolute atomic E-state index is 0.00874. The van der Waals surface area contributed by atoms with E-state index in [4.69, 9.17) is 4.74 Å². The molecule has 20 heavy (non-hydrogen) atoms. The van der Waals surface area contributed by atoms with E-state index in [0.29, 0.717) is 13.1 Å². The van der Waals surface area contributed by atoms with Crippen LogP contribution in [0.2, 0.25) is 0 Å². The first-order valence-corrected chi connectivity index (χ1v) is 6.88. The lowest BCUT2D eigenvalue weighted by atomic mass is 9.97. The summed E-state index contributed by atoms with van der Waals surface area (Å²) in [6, 6.07) is 9.56. The normalized spacial score (nSPS) is 18.4. The van der Waals surface area contributed by atoms with Gasteiger partial charge in [0.25, 0.3) is 0 Å². The van der Waals surface area contributed by atoms with E-state index in [0.717, 1.165) is 18.4 Å². The average molecular weight is 276 g/mol. The second-order valence-corrected chi connectivity index (χ2v) is 4.94. The van der Waals surface area contributed by atoms with Crippen molar-refractivity contribution in [3.8, 4) is 0 Å². The third-order valence-corrected chi connectivity index (χ3v) is 3.50. The standard InChI is InChI=1S/C15H20N2O3/c1-16-14(18)13-8-5-9-17(10-13)15(19)20-11-12-6-3-2-4-7-12/h2-4,6-7,13H,5,8-11H2,1H3,(H,16,18). The number of carbonyl (C=O) groups excluding carboxylic acids is 2. The Morgan fingerprint density at radius 1 is 1.35 bits per heavy atom. The molecule has 5 nitrogen and oxygen atoms in total. The van der Waals surface area contributed by atoms with Gasteiger partial charge in [0.15, 0.2) is 0 Å². The number of nitrogens with zero attached hydrogens (tertiary/aromatic N) is 1. The van der Waals surface area contributed by atoms with Crippen molar-refractivity contribution in [3.05, 3.63) is 35.9 Å². The highest BCUT2D eigenvalue weighted by molar-refractivity contribution is 5.79. The van der Waals surface area contributed by atoms with E-state index in [2.05, 4.69) is 5.32 Å². The molecule has 1 aromatic carbocycles.